The van der Waals surface area contributed by atoms with Crippen molar-refractivity contribution in [1.82, 2.24) is 4.90 Å². The Labute approximate surface area is 213 Å². The molecule has 1 saturated heterocycles. The maximum Gasteiger partial charge on any atom is 0.173 e. The van der Waals surface area contributed by atoms with Crippen molar-refractivity contribution in [3.63, 3.8) is 0 Å². The van der Waals surface area contributed by atoms with Gasteiger partial charge in [-0.05, 0) is 42.7 Å². The number of piperazine rings is 1. The summed E-state index contributed by atoms with van der Waals surface area (Å²) >= 11 is 21.0. The van der Waals surface area contributed by atoms with E-state index in [0.717, 1.165) is 48.4 Å². The van der Waals surface area contributed by atoms with Crippen LogP contribution in [-0.4, -0.2) is 48.0 Å². The minimum absolute atomic E-state index is 0.0664. The van der Waals surface area contributed by atoms with Crippen LogP contribution in [0.25, 0.3) is 0 Å². The van der Waals surface area contributed by atoms with Crippen LogP contribution in [0.5, 0.6) is 0 Å². The van der Waals surface area contributed by atoms with Gasteiger partial charge in [0.1, 0.15) is 5.76 Å². The smallest absolute Gasteiger partial charge is 0.173 e. The zero-order chi connectivity index (χ0) is 23.1. The molecule has 174 valence electrons. The van der Waals surface area contributed by atoms with Gasteiger partial charge in [0.05, 0.1) is 20.6 Å². The third-order valence-corrected chi connectivity index (χ3v) is 9.08. The molecular formula is C25H25Cl3N2O2S. The highest BCUT2D eigenvalue weighted by molar-refractivity contribution is 8.04. The van der Waals surface area contributed by atoms with Crippen LogP contribution in [0.15, 0.2) is 52.0 Å². The van der Waals surface area contributed by atoms with Crippen molar-refractivity contribution < 1.29 is 9.90 Å². The molecule has 0 bridgehead atoms. The van der Waals surface area contributed by atoms with E-state index in [1.807, 2.05) is 30.3 Å². The number of allylic oxidation sites excluding steroid dienone is 2. The summed E-state index contributed by atoms with van der Waals surface area (Å²) in [6.45, 7) is 3.91. The zero-order valence-electron chi connectivity index (χ0n) is 18.1. The first kappa shape index (κ1) is 23.4. The fraction of sp³-hybridized carbons (Fsp3) is 0.400. The van der Waals surface area contributed by atoms with Crippen LogP contribution in [0, 0.1) is 0 Å². The standard InChI is InChI=1S/C25H25Cl3N2O2S/c26-17-3-1-2-4-22(17)33-25-20(31)13-15(14-21(25)32)23-18(27)7-8-19(24(23)28)30-11-9-29(10-12-30)16-5-6-16/h1-4,7-8,15-16,31H,5-6,9-14H2. The molecule has 0 radical (unpaired) electrons. The van der Waals surface area contributed by atoms with Crippen LogP contribution >= 0.6 is 46.6 Å². The van der Waals surface area contributed by atoms with Gasteiger partial charge in [0, 0.05) is 60.9 Å². The molecular weight excluding hydrogens is 499 g/mol. The summed E-state index contributed by atoms with van der Waals surface area (Å²) < 4.78 is 0. The molecule has 0 spiro atoms. The molecule has 2 aromatic carbocycles. The monoisotopic (exact) mass is 522 g/mol. The SMILES string of the molecule is O=C1CC(c2c(Cl)ccc(N3CCN(C4CC4)CC3)c2Cl)CC(O)=C1Sc1ccccc1Cl. The van der Waals surface area contributed by atoms with E-state index in [1.165, 1.54) is 24.6 Å². The van der Waals surface area contributed by atoms with E-state index in [-0.39, 0.29) is 23.9 Å². The van der Waals surface area contributed by atoms with Crippen molar-refractivity contribution in [3.05, 3.63) is 67.7 Å². The van der Waals surface area contributed by atoms with Crippen molar-refractivity contribution >= 4 is 58.0 Å². The Bertz CT molecular complexity index is 1110. The highest BCUT2D eigenvalue weighted by atomic mass is 35.5. The van der Waals surface area contributed by atoms with Crippen LogP contribution < -0.4 is 4.90 Å². The number of anilines is 1. The molecule has 1 unspecified atom stereocenters. The minimum atomic E-state index is -0.263. The Kier molecular flexibility index (Phi) is 6.88. The number of aliphatic hydroxyl groups excluding tert-OH is 1. The van der Waals surface area contributed by atoms with Crippen LogP contribution in [0.3, 0.4) is 0 Å². The van der Waals surface area contributed by atoms with Gasteiger partial charge in [-0.15, -0.1) is 0 Å². The van der Waals surface area contributed by atoms with Gasteiger partial charge in [0.2, 0.25) is 0 Å². The normalized spacial score (nSPS) is 22.2. The molecule has 3 aliphatic rings. The van der Waals surface area contributed by atoms with Crippen molar-refractivity contribution in [3.8, 4) is 0 Å². The van der Waals surface area contributed by atoms with Gasteiger partial charge in [-0.3, -0.25) is 9.69 Å². The number of rotatable bonds is 5. The summed E-state index contributed by atoms with van der Waals surface area (Å²) in [5.41, 5.74) is 1.71. The third-order valence-electron chi connectivity index (χ3n) is 6.67. The predicted molar refractivity (Wildman–Crippen MR) is 137 cm³/mol. The molecule has 4 nitrogen and oxygen atoms in total. The fourth-order valence-electron chi connectivity index (χ4n) is 4.78. The second-order valence-corrected chi connectivity index (χ2v) is 11.1. The number of thioether (sulfide) groups is 1. The van der Waals surface area contributed by atoms with Gasteiger partial charge in [-0.25, -0.2) is 0 Å². The van der Waals surface area contributed by atoms with Crippen molar-refractivity contribution in [2.75, 3.05) is 31.1 Å². The van der Waals surface area contributed by atoms with Crippen LogP contribution in [0.1, 0.15) is 37.2 Å². The van der Waals surface area contributed by atoms with E-state index in [4.69, 9.17) is 34.8 Å². The van der Waals surface area contributed by atoms with E-state index in [2.05, 4.69) is 9.80 Å². The summed E-state index contributed by atoms with van der Waals surface area (Å²) in [4.78, 5) is 19.0. The Morgan fingerprint density at radius 1 is 0.909 bits per heavy atom. The average molecular weight is 524 g/mol. The summed E-state index contributed by atoms with van der Waals surface area (Å²) in [6, 6.07) is 11.9. The molecule has 0 amide bonds. The lowest BCUT2D eigenvalue weighted by Gasteiger charge is -2.37. The second kappa shape index (κ2) is 9.71. The van der Waals surface area contributed by atoms with Crippen LogP contribution in [-0.2, 0) is 4.79 Å². The summed E-state index contributed by atoms with van der Waals surface area (Å²) in [5.74, 6) is -0.318. The fourth-order valence-corrected chi connectivity index (χ4v) is 6.76. The lowest BCUT2D eigenvalue weighted by molar-refractivity contribution is -0.115. The number of hydrogen-bond acceptors (Lipinski definition) is 5. The lowest BCUT2D eigenvalue weighted by atomic mass is 9.85. The summed E-state index contributed by atoms with van der Waals surface area (Å²) in [6.07, 6.45) is 3.19. The Hall–Kier alpha value is -1.37. The van der Waals surface area contributed by atoms with Crippen molar-refractivity contribution in [2.24, 2.45) is 0 Å². The maximum atomic E-state index is 13.0. The first-order chi connectivity index (χ1) is 15.9. The number of aliphatic hydroxyl groups is 1. The minimum Gasteiger partial charge on any atom is -0.511 e. The van der Waals surface area contributed by atoms with E-state index < -0.39 is 0 Å². The van der Waals surface area contributed by atoms with Crippen molar-refractivity contribution in [1.29, 1.82) is 0 Å². The molecule has 1 saturated carbocycles. The Morgan fingerprint density at radius 2 is 1.64 bits per heavy atom. The number of Topliss-reactive ketones (excluding diaryl/α,β-unsaturated/α-hetero) is 1. The molecule has 8 heteroatoms. The second-order valence-electron chi connectivity index (χ2n) is 8.89. The molecule has 33 heavy (non-hydrogen) atoms. The first-order valence-electron chi connectivity index (χ1n) is 11.3. The number of nitrogens with zero attached hydrogens (tertiary/aromatic N) is 2. The van der Waals surface area contributed by atoms with Crippen LogP contribution in [0.2, 0.25) is 15.1 Å². The molecule has 2 aliphatic carbocycles. The van der Waals surface area contributed by atoms with E-state index in [9.17, 15) is 9.90 Å². The largest absolute Gasteiger partial charge is 0.511 e. The molecule has 5 rings (SSSR count). The first-order valence-corrected chi connectivity index (χ1v) is 13.2. The highest BCUT2D eigenvalue weighted by Gasteiger charge is 2.34. The van der Waals surface area contributed by atoms with E-state index in [1.54, 1.807) is 6.07 Å². The lowest BCUT2D eigenvalue weighted by Crippen LogP contribution is -2.47. The molecule has 1 heterocycles. The third kappa shape index (κ3) is 4.89. The number of benzene rings is 2. The highest BCUT2D eigenvalue weighted by Crippen LogP contribution is 2.47. The number of carbonyl (C=O) groups excluding carboxylic acids is 1. The zero-order valence-corrected chi connectivity index (χ0v) is 21.2. The Morgan fingerprint density at radius 3 is 2.30 bits per heavy atom. The maximum absolute atomic E-state index is 13.0. The Balaban J connectivity index is 1.37. The predicted octanol–water partition coefficient (Wildman–Crippen LogP) is 6.94. The number of ketones is 1. The molecule has 2 fully saturated rings. The number of carbonyl (C=O) groups is 1. The number of halogens is 3. The summed E-state index contributed by atoms with van der Waals surface area (Å²) in [7, 11) is 0. The molecule has 0 aromatic heterocycles. The average Bonchev–Trinajstić information content (AvgIpc) is 3.63. The van der Waals surface area contributed by atoms with E-state index >= 15 is 0 Å². The molecule has 1 N–H and O–H groups in total. The van der Waals surface area contributed by atoms with Gasteiger partial charge in [-0.2, -0.15) is 0 Å². The van der Waals surface area contributed by atoms with Gasteiger partial charge in [0.15, 0.2) is 5.78 Å². The van der Waals surface area contributed by atoms with Crippen LogP contribution in [0.4, 0.5) is 5.69 Å². The van der Waals surface area contributed by atoms with Crippen molar-refractivity contribution in [2.45, 2.75) is 42.5 Å². The molecule has 1 atom stereocenters. The van der Waals surface area contributed by atoms with Gasteiger partial charge in [-0.1, -0.05) is 58.7 Å². The van der Waals surface area contributed by atoms with Gasteiger partial charge >= 0.3 is 0 Å². The van der Waals surface area contributed by atoms with Gasteiger partial charge < -0.3 is 10.0 Å². The van der Waals surface area contributed by atoms with E-state index in [0.29, 0.717) is 26.4 Å². The van der Waals surface area contributed by atoms with Gasteiger partial charge in [0.25, 0.3) is 0 Å². The molecule has 1 aliphatic heterocycles. The number of hydrogen-bond donors (Lipinski definition) is 1. The molecule has 2 aromatic rings. The quantitative estimate of drug-likeness (QED) is 0.460. The summed E-state index contributed by atoms with van der Waals surface area (Å²) in [5, 5.41) is 12.5. The topological polar surface area (TPSA) is 43.8 Å².